The number of hydrogen-bond acceptors (Lipinski definition) is 5. The van der Waals surface area contributed by atoms with Crippen LogP contribution < -0.4 is 9.47 Å². The number of furan rings is 1. The fourth-order valence-corrected chi connectivity index (χ4v) is 4.09. The third-order valence-electron chi connectivity index (χ3n) is 5.75. The average molecular weight is 467 g/mol. The summed E-state index contributed by atoms with van der Waals surface area (Å²) in [5.74, 6) is 1.62. The predicted octanol–water partition coefficient (Wildman–Crippen LogP) is 4.50. The molecule has 0 radical (unpaired) electrons. The number of halogens is 1. The molecule has 2 amide bonds. The molecule has 0 N–H and O–H groups in total. The summed E-state index contributed by atoms with van der Waals surface area (Å²) in [6.07, 6.45) is 3.34. The molecular formula is C25H23ClN2O5. The molecule has 2 aromatic carbocycles. The van der Waals surface area contributed by atoms with Gasteiger partial charge >= 0.3 is 0 Å². The zero-order valence-electron chi connectivity index (χ0n) is 17.9. The van der Waals surface area contributed by atoms with Gasteiger partial charge in [-0.05, 0) is 54.8 Å². The number of amides is 2. The van der Waals surface area contributed by atoms with Gasteiger partial charge in [-0.15, -0.1) is 0 Å². The first-order valence-electron chi connectivity index (χ1n) is 10.8. The second-order valence-electron chi connectivity index (χ2n) is 8.16. The van der Waals surface area contributed by atoms with Gasteiger partial charge in [-0.1, -0.05) is 29.8 Å². The van der Waals surface area contributed by atoms with Crippen LogP contribution in [-0.2, 0) is 17.9 Å². The Bertz CT molecular complexity index is 1160. The Kier molecular flexibility index (Phi) is 5.96. The van der Waals surface area contributed by atoms with Crippen molar-refractivity contribution in [1.29, 1.82) is 0 Å². The van der Waals surface area contributed by atoms with Crippen molar-refractivity contribution in [2.45, 2.75) is 32.0 Å². The minimum atomic E-state index is -0.225. The highest BCUT2D eigenvalue weighted by Gasteiger charge is 2.36. The first-order chi connectivity index (χ1) is 16.1. The zero-order valence-corrected chi connectivity index (χ0v) is 18.7. The van der Waals surface area contributed by atoms with Crippen LogP contribution in [-0.4, -0.2) is 41.0 Å². The summed E-state index contributed by atoms with van der Waals surface area (Å²) in [6.45, 7) is 0.794. The van der Waals surface area contributed by atoms with Crippen molar-refractivity contribution in [2.24, 2.45) is 0 Å². The van der Waals surface area contributed by atoms with E-state index < -0.39 is 0 Å². The fourth-order valence-electron chi connectivity index (χ4n) is 3.87. The maximum atomic E-state index is 13.5. The number of rotatable bonds is 8. The highest BCUT2D eigenvalue weighted by atomic mass is 35.5. The van der Waals surface area contributed by atoms with E-state index in [0.29, 0.717) is 40.9 Å². The van der Waals surface area contributed by atoms with Gasteiger partial charge < -0.3 is 23.7 Å². The summed E-state index contributed by atoms with van der Waals surface area (Å²) in [5, 5.41) is 0.383. The molecule has 0 atom stereocenters. The maximum absolute atomic E-state index is 13.5. The standard InChI is InChI=1S/C25H23ClN2O5/c26-21-6-2-1-5-20(21)25(30)28(18-8-9-18)15-24(29)27(14-19-4-3-11-31-19)13-17-7-10-22-23(12-17)33-16-32-22/h1-7,10-12,18H,8-9,13-16H2. The van der Waals surface area contributed by atoms with Crippen molar-refractivity contribution in [3.05, 3.63) is 82.8 Å². The summed E-state index contributed by atoms with van der Waals surface area (Å²) >= 11 is 6.26. The number of benzene rings is 2. The van der Waals surface area contributed by atoms with Gasteiger partial charge in [0.25, 0.3) is 5.91 Å². The molecule has 1 aliphatic heterocycles. The van der Waals surface area contributed by atoms with Gasteiger partial charge in [-0.3, -0.25) is 9.59 Å². The van der Waals surface area contributed by atoms with Crippen molar-refractivity contribution in [3.63, 3.8) is 0 Å². The number of fused-ring (bicyclic) bond motifs is 1. The Morgan fingerprint density at radius 2 is 1.79 bits per heavy atom. The van der Waals surface area contributed by atoms with E-state index in [2.05, 4.69) is 0 Å². The lowest BCUT2D eigenvalue weighted by molar-refractivity contribution is -0.133. The molecule has 8 heteroatoms. The number of carbonyl (C=O) groups is 2. The first kappa shape index (κ1) is 21.4. The molecule has 0 saturated heterocycles. The Hall–Kier alpha value is -3.45. The maximum Gasteiger partial charge on any atom is 0.256 e. The monoisotopic (exact) mass is 466 g/mol. The summed E-state index contributed by atoms with van der Waals surface area (Å²) in [4.78, 5) is 30.0. The second-order valence-corrected chi connectivity index (χ2v) is 8.57. The molecule has 0 spiro atoms. The minimum absolute atomic E-state index is 0.0278. The van der Waals surface area contributed by atoms with Gasteiger partial charge in [0.2, 0.25) is 12.7 Å². The Balaban J connectivity index is 1.36. The quantitative estimate of drug-likeness (QED) is 0.489. The van der Waals surface area contributed by atoms with Crippen molar-refractivity contribution in [2.75, 3.05) is 13.3 Å². The van der Waals surface area contributed by atoms with Gasteiger partial charge in [-0.25, -0.2) is 0 Å². The minimum Gasteiger partial charge on any atom is -0.467 e. The van der Waals surface area contributed by atoms with E-state index in [0.717, 1.165) is 18.4 Å². The molecule has 5 rings (SSSR count). The van der Waals surface area contributed by atoms with Gasteiger partial charge in [0, 0.05) is 12.6 Å². The van der Waals surface area contributed by atoms with Crippen LogP contribution in [0.3, 0.4) is 0 Å². The Morgan fingerprint density at radius 1 is 0.970 bits per heavy atom. The zero-order chi connectivity index (χ0) is 22.8. The third kappa shape index (κ3) is 4.83. The van der Waals surface area contributed by atoms with E-state index in [1.807, 2.05) is 24.3 Å². The Morgan fingerprint density at radius 3 is 2.55 bits per heavy atom. The third-order valence-corrected chi connectivity index (χ3v) is 6.08. The molecule has 33 heavy (non-hydrogen) atoms. The van der Waals surface area contributed by atoms with E-state index in [1.165, 1.54) is 0 Å². The SMILES string of the molecule is O=C(CN(C(=O)c1ccccc1Cl)C1CC1)N(Cc1ccc2c(c1)OCO2)Cc1ccco1. The van der Waals surface area contributed by atoms with E-state index in [4.69, 9.17) is 25.5 Å². The largest absolute Gasteiger partial charge is 0.467 e. The van der Waals surface area contributed by atoms with Crippen molar-refractivity contribution in [1.82, 2.24) is 9.80 Å². The van der Waals surface area contributed by atoms with Crippen LogP contribution in [0, 0.1) is 0 Å². The molecule has 0 unspecified atom stereocenters. The van der Waals surface area contributed by atoms with Crippen LogP contribution in [0.4, 0.5) is 0 Å². The molecule has 7 nitrogen and oxygen atoms in total. The smallest absolute Gasteiger partial charge is 0.256 e. The van der Waals surface area contributed by atoms with E-state index in [1.54, 1.807) is 46.4 Å². The van der Waals surface area contributed by atoms with Crippen LogP contribution in [0.2, 0.25) is 5.02 Å². The number of carbonyl (C=O) groups excluding carboxylic acids is 2. The summed E-state index contributed by atoms with van der Waals surface area (Å²) in [7, 11) is 0. The molecular weight excluding hydrogens is 444 g/mol. The van der Waals surface area contributed by atoms with E-state index >= 15 is 0 Å². The highest BCUT2D eigenvalue weighted by Crippen LogP contribution is 2.33. The molecule has 2 aliphatic rings. The van der Waals surface area contributed by atoms with Crippen molar-refractivity contribution < 1.29 is 23.5 Å². The van der Waals surface area contributed by atoms with Gasteiger partial charge in [0.15, 0.2) is 11.5 Å². The van der Waals surface area contributed by atoms with Crippen LogP contribution in [0.25, 0.3) is 0 Å². The molecule has 0 bridgehead atoms. The number of ether oxygens (including phenoxy) is 2. The van der Waals surface area contributed by atoms with Crippen LogP contribution >= 0.6 is 11.6 Å². The van der Waals surface area contributed by atoms with Gasteiger partial charge in [-0.2, -0.15) is 0 Å². The average Bonchev–Trinajstić information content (AvgIpc) is 3.32. The second kappa shape index (κ2) is 9.19. The number of nitrogens with zero attached hydrogens (tertiary/aromatic N) is 2. The molecule has 170 valence electrons. The lowest BCUT2D eigenvalue weighted by Gasteiger charge is -2.27. The predicted molar refractivity (Wildman–Crippen MR) is 121 cm³/mol. The molecule has 1 aliphatic carbocycles. The fraction of sp³-hybridized carbons (Fsp3) is 0.280. The molecule has 1 aromatic heterocycles. The first-order valence-corrected chi connectivity index (χ1v) is 11.2. The molecule has 2 heterocycles. The number of hydrogen-bond donors (Lipinski definition) is 0. The normalized spacial score (nSPS) is 14.2. The molecule has 3 aromatic rings. The molecule has 1 saturated carbocycles. The van der Waals surface area contributed by atoms with Crippen LogP contribution in [0.5, 0.6) is 11.5 Å². The van der Waals surface area contributed by atoms with Crippen LogP contribution in [0.15, 0.2) is 65.3 Å². The van der Waals surface area contributed by atoms with E-state index in [9.17, 15) is 9.59 Å². The van der Waals surface area contributed by atoms with E-state index in [-0.39, 0.29) is 31.2 Å². The lowest BCUT2D eigenvalue weighted by Crippen LogP contribution is -2.43. The van der Waals surface area contributed by atoms with Gasteiger partial charge in [0.1, 0.15) is 12.3 Å². The molecule has 1 fully saturated rings. The summed E-state index contributed by atoms with van der Waals surface area (Å²) in [6, 6.07) is 16.2. The highest BCUT2D eigenvalue weighted by molar-refractivity contribution is 6.33. The van der Waals surface area contributed by atoms with Crippen LogP contribution in [0.1, 0.15) is 34.5 Å². The topological polar surface area (TPSA) is 72.2 Å². The summed E-state index contributed by atoms with van der Waals surface area (Å²) < 4.78 is 16.3. The van der Waals surface area contributed by atoms with Crippen molar-refractivity contribution >= 4 is 23.4 Å². The Labute approximate surface area is 196 Å². The summed E-state index contributed by atoms with van der Waals surface area (Å²) in [5.41, 5.74) is 1.31. The lowest BCUT2D eigenvalue weighted by atomic mass is 10.1. The van der Waals surface area contributed by atoms with Gasteiger partial charge in [0.05, 0.1) is 23.4 Å². The van der Waals surface area contributed by atoms with Crippen molar-refractivity contribution in [3.8, 4) is 11.5 Å².